The average molecular weight is 436 g/mol. The summed E-state index contributed by atoms with van der Waals surface area (Å²) in [5.74, 6) is -1.70. The van der Waals surface area contributed by atoms with Gasteiger partial charge in [0.15, 0.2) is 0 Å². The van der Waals surface area contributed by atoms with Crippen molar-refractivity contribution in [2.45, 2.75) is 0 Å². The van der Waals surface area contributed by atoms with Crippen molar-refractivity contribution in [1.82, 2.24) is 0 Å². The minimum atomic E-state index is -1.06. The monoisotopic (exact) mass is 436 g/mol. The molecule has 0 aromatic heterocycles. The van der Waals surface area contributed by atoms with Crippen molar-refractivity contribution in [1.29, 1.82) is 0 Å². The Balaban J connectivity index is 1.53. The zero-order valence-corrected chi connectivity index (χ0v) is 17.5. The lowest BCUT2D eigenvalue weighted by atomic mass is 9.95. The van der Waals surface area contributed by atoms with E-state index in [-0.39, 0.29) is 17.4 Å². The standard InChI is InChI=1S/C27H20N2O4/c30-25(28-19-8-2-1-3-9-19)18-14-16-20(17-15-18)29-26(31)23-12-6-4-10-21(23)22-11-5-7-13-24(22)27(32)33/h1-17H,(H,28,30)(H,29,31)(H,32,33). The zero-order valence-electron chi connectivity index (χ0n) is 17.5. The van der Waals surface area contributed by atoms with Crippen LogP contribution in [0.5, 0.6) is 0 Å². The van der Waals surface area contributed by atoms with Crippen LogP contribution in [0, 0.1) is 0 Å². The molecular formula is C27H20N2O4. The van der Waals surface area contributed by atoms with Crippen LogP contribution < -0.4 is 10.6 Å². The maximum atomic E-state index is 13.0. The van der Waals surface area contributed by atoms with Gasteiger partial charge < -0.3 is 15.7 Å². The Bertz CT molecular complexity index is 1320. The van der Waals surface area contributed by atoms with Crippen LogP contribution in [-0.2, 0) is 0 Å². The normalized spacial score (nSPS) is 10.3. The summed E-state index contributed by atoms with van der Waals surface area (Å²) >= 11 is 0. The van der Waals surface area contributed by atoms with Crippen molar-refractivity contribution >= 4 is 29.2 Å². The van der Waals surface area contributed by atoms with E-state index in [9.17, 15) is 19.5 Å². The van der Waals surface area contributed by atoms with Gasteiger partial charge in [0.05, 0.1) is 5.56 Å². The predicted molar refractivity (Wildman–Crippen MR) is 128 cm³/mol. The largest absolute Gasteiger partial charge is 0.478 e. The molecule has 6 heteroatoms. The Hall–Kier alpha value is -4.71. The summed E-state index contributed by atoms with van der Waals surface area (Å²) in [6.07, 6.45) is 0. The van der Waals surface area contributed by atoms with Gasteiger partial charge in [-0.1, -0.05) is 54.6 Å². The van der Waals surface area contributed by atoms with Gasteiger partial charge >= 0.3 is 5.97 Å². The molecule has 0 bridgehead atoms. The SMILES string of the molecule is O=C(Nc1ccccc1)c1ccc(NC(=O)c2ccccc2-c2ccccc2C(=O)O)cc1. The molecule has 0 saturated carbocycles. The van der Waals surface area contributed by atoms with E-state index in [2.05, 4.69) is 10.6 Å². The summed E-state index contributed by atoms with van der Waals surface area (Å²) in [6.45, 7) is 0. The van der Waals surface area contributed by atoms with Gasteiger partial charge in [0.25, 0.3) is 11.8 Å². The number of carbonyl (C=O) groups excluding carboxylic acids is 2. The Morgan fingerprint density at radius 2 is 1.00 bits per heavy atom. The molecule has 0 heterocycles. The third kappa shape index (κ3) is 4.97. The molecule has 6 nitrogen and oxygen atoms in total. The molecule has 0 spiro atoms. The summed E-state index contributed by atoms with van der Waals surface area (Å²) < 4.78 is 0. The van der Waals surface area contributed by atoms with Crippen LogP contribution in [0.2, 0.25) is 0 Å². The topological polar surface area (TPSA) is 95.5 Å². The predicted octanol–water partition coefficient (Wildman–Crippen LogP) is 5.56. The molecule has 3 N–H and O–H groups in total. The van der Waals surface area contributed by atoms with Crippen LogP contribution in [0.1, 0.15) is 31.1 Å². The fourth-order valence-corrected chi connectivity index (χ4v) is 3.45. The first-order valence-corrected chi connectivity index (χ1v) is 10.2. The van der Waals surface area contributed by atoms with E-state index in [4.69, 9.17) is 0 Å². The van der Waals surface area contributed by atoms with E-state index in [0.29, 0.717) is 33.6 Å². The number of nitrogens with one attached hydrogen (secondary N) is 2. The molecule has 4 aromatic carbocycles. The Kier molecular flexibility index (Phi) is 6.27. The fourth-order valence-electron chi connectivity index (χ4n) is 3.45. The molecule has 0 aliphatic rings. The number of hydrogen-bond acceptors (Lipinski definition) is 3. The lowest BCUT2D eigenvalue weighted by molar-refractivity contribution is 0.0697. The summed E-state index contributed by atoms with van der Waals surface area (Å²) in [5.41, 5.74) is 3.10. The lowest BCUT2D eigenvalue weighted by Crippen LogP contribution is -2.15. The number of hydrogen-bond donors (Lipinski definition) is 3. The zero-order chi connectivity index (χ0) is 23.2. The molecule has 4 rings (SSSR count). The van der Waals surface area contributed by atoms with Gasteiger partial charge in [-0.25, -0.2) is 4.79 Å². The maximum absolute atomic E-state index is 13.0. The van der Waals surface area contributed by atoms with Gasteiger partial charge in [-0.3, -0.25) is 9.59 Å². The van der Waals surface area contributed by atoms with Gasteiger partial charge in [-0.2, -0.15) is 0 Å². The van der Waals surface area contributed by atoms with Crippen LogP contribution in [-0.4, -0.2) is 22.9 Å². The maximum Gasteiger partial charge on any atom is 0.336 e. The van der Waals surface area contributed by atoms with Gasteiger partial charge in [-0.15, -0.1) is 0 Å². The third-order valence-electron chi connectivity index (χ3n) is 5.06. The number of carboxylic acid groups (broad SMARTS) is 1. The molecule has 0 aliphatic heterocycles. The van der Waals surface area contributed by atoms with Crippen molar-refractivity contribution in [2.24, 2.45) is 0 Å². The number of rotatable bonds is 6. The number of carboxylic acids is 1. The smallest absolute Gasteiger partial charge is 0.336 e. The molecular weight excluding hydrogens is 416 g/mol. The van der Waals surface area contributed by atoms with E-state index in [1.54, 1.807) is 78.9 Å². The number of aromatic carboxylic acids is 1. The van der Waals surface area contributed by atoms with Crippen LogP contribution in [0.3, 0.4) is 0 Å². The molecule has 0 radical (unpaired) electrons. The highest BCUT2D eigenvalue weighted by Crippen LogP contribution is 2.28. The number of amides is 2. The third-order valence-corrected chi connectivity index (χ3v) is 5.06. The highest BCUT2D eigenvalue weighted by molar-refractivity contribution is 6.10. The Labute approximate surface area is 190 Å². The van der Waals surface area contributed by atoms with Gasteiger partial charge in [0.1, 0.15) is 0 Å². The van der Waals surface area contributed by atoms with Crippen molar-refractivity contribution < 1.29 is 19.5 Å². The van der Waals surface area contributed by atoms with Gasteiger partial charge in [0, 0.05) is 22.5 Å². The first-order chi connectivity index (χ1) is 16.0. The van der Waals surface area contributed by atoms with E-state index >= 15 is 0 Å². The van der Waals surface area contributed by atoms with Crippen molar-refractivity contribution in [2.75, 3.05) is 10.6 Å². The van der Waals surface area contributed by atoms with Gasteiger partial charge in [0.2, 0.25) is 0 Å². The number of para-hydroxylation sites is 1. The van der Waals surface area contributed by atoms with Crippen molar-refractivity contribution in [3.63, 3.8) is 0 Å². The van der Waals surface area contributed by atoms with E-state index in [1.165, 1.54) is 6.07 Å². The minimum absolute atomic E-state index is 0.117. The molecule has 0 fully saturated rings. The van der Waals surface area contributed by atoms with E-state index in [0.717, 1.165) is 0 Å². The van der Waals surface area contributed by atoms with Gasteiger partial charge in [-0.05, 0) is 59.7 Å². The summed E-state index contributed by atoms with van der Waals surface area (Å²) in [7, 11) is 0. The highest BCUT2D eigenvalue weighted by Gasteiger charge is 2.17. The minimum Gasteiger partial charge on any atom is -0.478 e. The molecule has 4 aromatic rings. The number of benzene rings is 4. The molecule has 0 saturated heterocycles. The molecule has 162 valence electrons. The first kappa shape index (κ1) is 21.5. The van der Waals surface area contributed by atoms with Crippen LogP contribution >= 0.6 is 0 Å². The fraction of sp³-hybridized carbons (Fsp3) is 0. The second-order valence-corrected chi connectivity index (χ2v) is 7.25. The average Bonchev–Trinajstić information content (AvgIpc) is 2.85. The second kappa shape index (κ2) is 9.62. The van der Waals surface area contributed by atoms with E-state index in [1.807, 2.05) is 18.2 Å². The van der Waals surface area contributed by atoms with Crippen molar-refractivity contribution in [3.8, 4) is 11.1 Å². The van der Waals surface area contributed by atoms with E-state index < -0.39 is 5.97 Å². The van der Waals surface area contributed by atoms with Crippen LogP contribution in [0.15, 0.2) is 103 Å². The number of anilines is 2. The molecule has 0 aliphatic carbocycles. The lowest BCUT2D eigenvalue weighted by Gasteiger charge is -2.13. The molecule has 33 heavy (non-hydrogen) atoms. The van der Waals surface area contributed by atoms with Crippen molar-refractivity contribution in [3.05, 3.63) is 120 Å². The Morgan fingerprint density at radius 1 is 0.515 bits per heavy atom. The van der Waals surface area contributed by atoms with Crippen LogP contribution in [0.4, 0.5) is 11.4 Å². The first-order valence-electron chi connectivity index (χ1n) is 10.2. The quantitative estimate of drug-likeness (QED) is 0.369. The molecule has 0 atom stereocenters. The molecule has 0 unspecified atom stereocenters. The summed E-state index contributed by atoms with van der Waals surface area (Å²) in [6, 6.07) is 29.1. The number of carbonyl (C=O) groups is 3. The summed E-state index contributed by atoms with van der Waals surface area (Å²) in [4.78, 5) is 37.1. The highest BCUT2D eigenvalue weighted by atomic mass is 16.4. The second-order valence-electron chi connectivity index (χ2n) is 7.25. The summed E-state index contributed by atoms with van der Waals surface area (Å²) in [5, 5.41) is 15.1. The molecule has 2 amide bonds. The van der Waals surface area contributed by atoms with Crippen LogP contribution in [0.25, 0.3) is 11.1 Å². The Morgan fingerprint density at radius 3 is 1.64 bits per heavy atom.